The molecule has 11 nitrogen and oxygen atoms in total. The van der Waals surface area contributed by atoms with E-state index in [2.05, 4.69) is 22.1 Å². The van der Waals surface area contributed by atoms with Gasteiger partial charge in [0.15, 0.2) is 0 Å². The Morgan fingerprint density at radius 2 is 1.08 bits per heavy atom. The first-order valence-corrected chi connectivity index (χ1v) is 13.3. The molecule has 0 spiro atoms. The molecule has 0 fully saturated rings. The van der Waals surface area contributed by atoms with Crippen LogP contribution < -0.4 is 11.1 Å². The summed E-state index contributed by atoms with van der Waals surface area (Å²) in [6.45, 7) is 3.54. The number of aromatic nitrogens is 4. The number of fused-ring (bicyclic) bond motifs is 6. The Kier molecular flexibility index (Phi) is 7.10. The van der Waals surface area contributed by atoms with Gasteiger partial charge in [0.2, 0.25) is 0 Å². The van der Waals surface area contributed by atoms with Crippen molar-refractivity contribution in [2.45, 2.75) is 13.8 Å². The summed E-state index contributed by atoms with van der Waals surface area (Å²) in [7, 11) is -3.67. The number of hydrogen-bond donors (Lipinski definition) is 3. The zero-order valence-electron chi connectivity index (χ0n) is 21.1. The molecule has 6 rings (SSSR count). The molecule has 4 aromatic heterocycles. The number of aromatic amines is 2. The van der Waals surface area contributed by atoms with E-state index in [0.717, 1.165) is 22.1 Å². The van der Waals surface area contributed by atoms with Crippen LogP contribution in [0.4, 0.5) is 0 Å². The number of nitriles is 2. The second-order valence-corrected chi connectivity index (χ2v) is 10.2. The molecule has 0 aliphatic carbocycles. The van der Waals surface area contributed by atoms with Crippen LogP contribution in [0.5, 0.6) is 0 Å². The van der Waals surface area contributed by atoms with Crippen molar-refractivity contribution >= 4 is 43.5 Å². The van der Waals surface area contributed by atoms with Crippen LogP contribution in [0.2, 0.25) is 0 Å². The maximum Gasteiger partial charge on any atom is 0.261 e. The molecule has 0 radical (unpaired) electrons. The highest BCUT2D eigenvalue weighted by Gasteiger charge is 2.13. The van der Waals surface area contributed by atoms with Gasteiger partial charge in [0, 0.05) is 12.1 Å². The Hall–Kier alpha value is -5.17. The van der Waals surface area contributed by atoms with E-state index in [1.165, 1.54) is 12.1 Å². The molecule has 0 saturated heterocycles. The van der Waals surface area contributed by atoms with Gasteiger partial charge in [-0.05, 0) is 49.2 Å². The molecule has 196 valence electrons. The van der Waals surface area contributed by atoms with Gasteiger partial charge in [-0.2, -0.15) is 18.9 Å². The third-order valence-electron chi connectivity index (χ3n) is 5.85. The number of nitrogens with one attached hydrogen (secondary N) is 2. The summed E-state index contributed by atoms with van der Waals surface area (Å²) in [5.74, 6) is 0. The topological polar surface area (TPSA) is 176 Å². The molecule has 0 unspecified atom stereocenters. The minimum absolute atomic E-state index is 0.117. The summed E-state index contributed by atoms with van der Waals surface area (Å²) in [5, 5.41) is 18.3. The van der Waals surface area contributed by atoms with Gasteiger partial charge in [0.05, 0.1) is 39.4 Å². The van der Waals surface area contributed by atoms with E-state index in [1.54, 1.807) is 22.6 Å². The summed E-state index contributed by atoms with van der Waals surface area (Å²) in [6.07, 6.45) is 0.715. The predicted octanol–water partition coefficient (Wildman–Crippen LogP) is 3.43. The number of para-hydroxylation sites is 4. The first kappa shape index (κ1) is 26.9. The third-order valence-corrected chi connectivity index (χ3v) is 5.85. The fourth-order valence-corrected chi connectivity index (χ4v) is 4.26. The minimum Gasteiger partial charge on any atom is -0.338 e. The fraction of sp³-hybridized carbons (Fsp3) is 0.111. The normalized spacial score (nSPS) is 10.9. The highest BCUT2D eigenvalue weighted by atomic mass is 32.2. The van der Waals surface area contributed by atoms with Crippen LogP contribution in [-0.2, 0) is 10.1 Å². The zero-order chi connectivity index (χ0) is 28.5. The molecule has 0 atom stereocenters. The monoisotopic (exact) mass is 542 g/mol. The van der Waals surface area contributed by atoms with E-state index in [0.29, 0.717) is 39.8 Å². The van der Waals surface area contributed by atoms with Crippen LogP contribution in [-0.4, -0.2) is 38.0 Å². The number of rotatable bonds is 0. The maximum absolute atomic E-state index is 12.0. The lowest BCUT2D eigenvalue weighted by molar-refractivity contribution is 0.490. The van der Waals surface area contributed by atoms with E-state index in [-0.39, 0.29) is 11.1 Å². The van der Waals surface area contributed by atoms with Gasteiger partial charge in [0.25, 0.3) is 21.2 Å². The quantitative estimate of drug-likeness (QED) is 0.246. The van der Waals surface area contributed by atoms with Crippen LogP contribution in [0.15, 0.2) is 70.3 Å². The first-order chi connectivity index (χ1) is 18.4. The lowest BCUT2D eigenvalue weighted by Gasteiger charge is -1.99. The summed E-state index contributed by atoms with van der Waals surface area (Å²) < 4.78 is 29.0. The van der Waals surface area contributed by atoms with Gasteiger partial charge < -0.3 is 9.97 Å². The van der Waals surface area contributed by atoms with Crippen molar-refractivity contribution in [2.24, 2.45) is 0 Å². The Labute approximate surface area is 221 Å². The molecular formula is C27H22N6O5S. The van der Waals surface area contributed by atoms with Crippen molar-refractivity contribution in [3.63, 3.8) is 0 Å². The molecule has 0 saturated carbocycles. The van der Waals surface area contributed by atoms with Crippen LogP contribution in [0.25, 0.3) is 33.4 Å². The average molecular weight is 543 g/mol. The molecular weight excluding hydrogens is 520 g/mol. The van der Waals surface area contributed by atoms with Crippen LogP contribution >= 0.6 is 0 Å². The van der Waals surface area contributed by atoms with Crippen molar-refractivity contribution in [1.29, 1.82) is 10.5 Å². The number of hydrogen-bond acceptors (Lipinski definition) is 6. The number of imidazole rings is 2. The predicted molar refractivity (Wildman–Crippen MR) is 147 cm³/mol. The number of pyridine rings is 2. The Balaban J connectivity index is 0.000000155. The molecule has 39 heavy (non-hydrogen) atoms. The number of benzene rings is 2. The highest BCUT2D eigenvalue weighted by molar-refractivity contribution is 7.85. The van der Waals surface area contributed by atoms with Crippen molar-refractivity contribution in [1.82, 2.24) is 18.8 Å². The lowest BCUT2D eigenvalue weighted by atomic mass is 10.2. The van der Waals surface area contributed by atoms with Gasteiger partial charge >= 0.3 is 0 Å². The van der Waals surface area contributed by atoms with Crippen molar-refractivity contribution < 1.29 is 13.0 Å². The molecule has 0 bridgehead atoms. The van der Waals surface area contributed by atoms with Gasteiger partial charge in [-0.1, -0.05) is 24.3 Å². The molecule has 12 heteroatoms. The van der Waals surface area contributed by atoms with E-state index in [9.17, 15) is 18.0 Å². The number of aryl methyl sites for hydroxylation is 2. The van der Waals surface area contributed by atoms with Crippen LogP contribution in [0.1, 0.15) is 22.3 Å². The van der Waals surface area contributed by atoms with Gasteiger partial charge in [-0.15, -0.1) is 0 Å². The average Bonchev–Trinajstić information content (AvgIpc) is 3.43. The van der Waals surface area contributed by atoms with E-state index in [1.807, 2.05) is 48.5 Å². The van der Waals surface area contributed by atoms with Gasteiger partial charge in [-0.25, -0.2) is 0 Å². The molecule has 0 amide bonds. The SMILES string of the molecule is CS(=O)(=O)O.Cc1cc(=O)n2c([nH]c3ccccc32)c1C#N.Cc1cc(=O)n2c([nH]c3ccccc32)c1C#N. The van der Waals surface area contributed by atoms with Crippen molar-refractivity contribution in [3.05, 3.63) is 104 Å². The Morgan fingerprint density at radius 1 is 0.744 bits per heavy atom. The summed E-state index contributed by atoms with van der Waals surface area (Å²) in [6, 6.07) is 22.3. The smallest absolute Gasteiger partial charge is 0.261 e. The molecule has 0 aliphatic heterocycles. The standard InChI is InChI=1S/2C13H9N3O.CH4O3S/c2*1-8-6-12(17)16-11-5-3-2-4-10(11)15-13(16)9(8)7-14;1-5(2,3)4/h2*2-6,15H,1H3;1H3,(H,2,3,4). The zero-order valence-corrected chi connectivity index (χ0v) is 21.9. The molecule has 2 aromatic carbocycles. The van der Waals surface area contributed by atoms with Gasteiger partial charge in [-0.3, -0.25) is 22.9 Å². The highest BCUT2D eigenvalue weighted by Crippen LogP contribution is 2.19. The molecule has 0 aliphatic rings. The lowest BCUT2D eigenvalue weighted by Crippen LogP contribution is -2.13. The van der Waals surface area contributed by atoms with Crippen molar-refractivity contribution in [2.75, 3.05) is 6.26 Å². The Bertz CT molecular complexity index is 2050. The van der Waals surface area contributed by atoms with E-state index in [4.69, 9.17) is 15.1 Å². The van der Waals surface area contributed by atoms with Crippen LogP contribution in [0, 0.1) is 36.5 Å². The summed E-state index contributed by atoms with van der Waals surface area (Å²) in [4.78, 5) is 30.2. The second kappa shape index (κ2) is 10.3. The number of nitrogens with zero attached hydrogens (tertiary/aromatic N) is 4. The van der Waals surface area contributed by atoms with E-state index >= 15 is 0 Å². The fourth-order valence-electron chi connectivity index (χ4n) is 4.26. The van der Waals surface area contributed by atoms with Crippen molar-refractivity contribution in [3.8, 4) is 12.1 Å². The van der Waals surface area contributed by atoms with E-state index < -0.39 is 10.1 Å². The number of H-pyrrole nitrogens is 2. The Morgan fingerprint density at radius 3 is 1.41 bits per heavy atom. The van der Waals surface area contributed by atoms with Crippen LogP contribution in [0.3, 0.4) is 0 Å². The largest absolute Gasteiger partial charge is 0.338 e. The van der Waals surface area contributed by atoms with Gasteiger partial charge in [0.1, 0.15) is 23.4 Å². The summed E-state index contributed by atoms with van der Waals surface area (Å²) >= 11 is 0. The summed E-state index contributed by atoms with van der Waals surface area (Å²) in [5.41, 5.74) is 6.63. The maximum atomic E-state index is 12.0. The minimum atomic E-state index is -3.67. The third kappa shape index (κ3) is 5.29. The molecule has 3 N–H and O–H groups in total. The molecule has 6 aromatic rings. The first-order valence-electron chi connectivity index (χ1n) is 11.4. The second-order valence-electron chi connectivity index (χ2n) is 8.69. The molecule has 4 heterocycles.